The molecule has 4 saturated heterocycles. The number of nitrogens with one attached hydrogen (secondary N) is 3. The number of aromatic nitrogens is 2. The van der Waals surface area contributed by atoms with Crippen molar-refractivity contribution in [1.29, 1.82) is 0 Å². The quantitative estimate of drug-likeness (QED) is 0.0231. The van der Waals surface area contributed by atoms with E-state index in [2.05, 4.69) is 25.3 Å². The molecule has 4 aromatic carbocycles. The summed E-state index contributed by atoms with van der Waals surface area (Å²) < 4.78 is 78.8. The number of phenols is 3. The predicted molar refractivity (Wildman–Crippen MR) is 323 cm³/mol. The molecule has 4 fully saturated rings. The van der Waals surface area contributed by atoms with Gasteiger partial charge in [-0.1, -0.05) is 36.4 Å². The van der Waals surface area contributed by atoms with Crippen LogP contribution in [0.25, 0.3) is 0 Å². The highest BCUT2D eigenvalue weighted by atomic mass is 32.2. The molecule has 0 spiro atoms. The Hall–Kier alpha value is -6.35. The first-order valence-corrected chi connectivity index (χ1v) is 32.3. The summed E-state index contributed by atoms with van der Waals surface area (Å²) >= 11 is 0. The second-order valence-corrected chi connectivity index (χ2v) is 25.3. The molecule has 23 heteroatoms. The molecular weight excluding hydrogens is 1150 g/mol. The Morgan fingerprint density at radius 3 is 1.61 bits per heavy atom. The maximum atomic E-state index is 13.2. The van der Waals surface area contributed by atoms with Crippen molar-refractivity contribution in [2.45, 2.75) is 215 Å². The molecule has 0 bridgehead atoms. The summed E-state index contributed by atoms with van der Waals surface area (Å²) in [7, 11) is -4.01. The Balaban J connectivity index is 0.750. The van der Waals surface area contributed by atoms with E-state index in [1.165, 1.54) is 24.3 Å². The van der Waals surface area contributed by atoms with Gasteiger partial charge in [0.2, 0.25) is 17.8 Å². The number of anilines is 2. The third-order valence-corrected chi connectivity index (χ3v) is 17.5. The van der Waals surface area contributed by atoms with Gasteiger partial charge in [-0.05, 0) is 171 Å². The highest BCUT2D eigenvalue weighted by Crippen LogP contribution is 2.37. The summed E-state index contributed by atoms with van der Waals surface area (Å²) in [5.74, 6) is -0.446. The van der Waals surface area contributed by atoms with Gasteiger partial charge in [0.25, 0.3) is 10.0 Å². The van der Waals surface area contributed by atoms with Crippen LogP contribution in [0.1, 0.15) is 163 Å². The van der Waals surface area contributed by atoms with Crippen molar-refractivity contribution in [2.24, 2.45) is 0 Å². The van der Waals surface area contributed by atoms with Crippen LogP contribution in [0.15, 0.2) is 108 Å². The zero-order valence-electron chi connectivity index (χ0n) is 50.2. The van der Waals surface area contributed by atoms with Gasteiger partial charge in [0.15, 0.2) is 25.2 Å². The average molecular weight is 1240 g/mol. The molecule has 5 aromatic rings. The first kappa shape index (κ1) is 66.1. The normalized spacial score (nSPS) is 25.7. The lowest BCUT2D eigenvalue weighted by Crippen LogP contribution is -2.45. The second-order valence-electron chi connectivity index (χ2n) is 23.6. The van der Waals surface area contributed by atoms with Crippen molar-refractivity contribution in [3.05, 3.63) is 131 Å². The number of aromatic hydroxyl groups is 3. The number of sulfonamides is 1. The molecule has 0 aliphatic carbocycles. The Kier molecular flexibility index (Phi) is 24.0. The molecule has 5 heterocycles. The van der Waals surface area contributed by atoms with Crippen LogP contribution in [0.3, 0.4) is 0 Å². The van der Waals surface area contributed by atoms with Crippen LogP contribution >= 0.6 is 0 Å². The number of aliphatic hydroxyl groups is 2. The fourth-order valence-corrected chi connectivity index (χ4v) is 12.6. The lowest BCUT2D eigenvalue weighted by Gasteiger charge is -2.38. The van der Waals surface area contributed by atoms with Crippen LogP contribution in [0, 0.1) is 13.8 Å². The number of nitrogens with zero attached hydrogens (tertiary/aromatic N) is 2. The van der Waals surface area contributed by atoms with Crippen molar-refractivity contribution in [1.82, 2.24) is 15.3 Å². The van der Waals surface area contributed by atoms with Gasteiger partial charge in [-0.15, -0.1) is 0 Å². The summed E-state index contributed by atoms with van der Waals surface area (Å²) in [6.45, 7) is 5.99. The third kappa shape index (κ3) is 20.6. The summed E-state index contributed by atoms with van der Waals surface area (Å²) in [6.07, 6.45) is 3.71. The van der Waals surface area contributed by atoms with Crippen LogP contribution in [0.4, 0.5) is 11.6 Å². The third-order valence-electron chi connectivity index (χ3n) is 16.1. The number of carbonyl (C=O) groups is 2. The minimum absolute atomic E-state index is 0.00581. The highest BCUT2D eigenvalue weighted by molar-refractivity contribution is 7.92. The molecule has 0 radical (unpaired) electrons. The number of amides is 2. The van der Waals surface area contributed by atoms with Gasteiger partial charge in [-0.2, -0.15) is 0 Å². The summed E-state index contributed by atoms with van der Waals surface area (Å²) in [5.41, 5.74) is 3.96. The van der Waals surface area contributed by atoms with Gasteiger partial charge in [-0.25, -0.2) is 23.1 Å². The van der Waals surface area contributed by atoms with Crippen molar-refractivity contribution < 1.29 is 81.4 Å². The molecule has 9 rings (SSSR count). The molecule has 478 valence electrons. The summed E-state index contributed by atoms with van der Waals surface area (Å²) in [5, 5.41) is 57.9. The van der Waals surface area contributed by atoms with E-state index in [-0.39, 0.29) is 84.1 Å². The highest BCUT2D eigenvalue weighted by Gasteiger charge is 2.35. The average Bonchev–Trinajstić information content (AvgIpc) is 3.28. The molecule has 0 saturated carbocycles. The molecule has 2 amide bonds. The maximum absolute atomic E-state index is 13.2. The van der Waals surface area contributed by atoms with E-state index in [1.807, 2.05) is 6.92 Å². The summed E-state index contributed by atoms with van der Waals surface area (Å²) in [4.78, 5) is 34.4. The molecule has 1 aromatic heterocycles. The van der Waals surface area contributed by atoms with Gasteiger partial charge in [0.05, 0.1) is 73.0 Å². The van der Waals surface area contributed by atoms with E-state index in [1.54, 1.807) is 92.7 Å². The predicted octanol–water partition coefficient (Wildman–Crippen LogP) is 9.63. The molecule has 8 N–H and O–H groups in total. The van der Waals surface area contributed by atoms with Crippen molar-refractivity contribution in [3.63, 3.8) is 0 Å². The zero-order valence-corrected chi connectivity index (χ0v) is 51.0. The maximum Gasteiger partial charge on any atom is 0.264 e. The van der Waals surface area contributed by atoms with Crippen LogP contribution in [-0.2, 0) is 57.5 Å². The van der Waals surface area contributed by atoms with E-state index in [9.17, 15) is 43.5 Å². The molecule has 22 nitrogen and oxygen atoms in total. The Bertz CT molecular complexity index is 3090. The smallest absolute Gasteiger partial charge is 0.264 e. The van der Waals surface area contributed by atoms with Crippen LogP contribution in [0.5, 0.6) is 17.2 Å². The molecular formula is C65H85N5O17S. The summed E-state index contributed by atoms with van der Waals surface area (Å²) in [6, 6.07) is 27.6. The molecule has 4 aliphatic heterocycles. The fraction of sp³-hybridized carbons (Fsp3) is 0.538. The van der Waals surface area contributed by atoms with E-state index in [0.29, 0.717) is 107 Å². The van der Waals surface area contributed by atoms with Gasteiger partial charge >= 0.3 is 0 Å². The molecule has 13 unspecified atom stereocenters. The monoisotopic (exact) mass is 1240 g/mol. The standard InChI is InChI=1S/C65H85N5O17S/c1-40-33-41(2)68-65(67-40)70-88(78,79)58-27-19-46(20-28-58)69-60(77)30-29-59(76)66-39-61-82-53(12-6-11-52-34-42(3)81-63(85-52)44-15-23-48(72)24-16-44)38-57(83-61)36-51(75)8-5-10-55-37-54(86-64(87-55)45-17-25-49(73)26-18-45)9-4-7-50(74)35-56-31-32-80-62(84-56)43-13-21-47(71)22-14-43/h13-28,33,42,50-57,61-64,71-75H,4-12,29-32,34-39H2,1-3H3,(H,66,76)(H,69,77)(H,67,68,70). The molecule has 13 atom stereocenters. The SMILES string of the molecule is Cc1cc(C)nc(NS(=O)(=O)c2ccc(NC(=O)CCC(=O)NCC3OC(CCCC4CC(C)OC(c5ccc(O)cc5)O4)CC(CC(O)CCCC4CC(CCCC(O)CC5CCOC(c6ccc(O)cc6)O5)OC(c5ccc(O)cc5)O4)O3)cc2)n1. The number of carbonyl (C=O) groups excluding carboxylic acids is 2. The molecule has 88 heavy (non-hydrogen) atoms. The minimum Gasteiger partial charge on any atom is -0.508 e. The number of rotatable bonds is 28. The van der Waals surface area contributed by atoms with Crippen LogP contribution < -0.4 is 15.4 Å². The first-order chi connectivity index (χ1) is 42.3. The Morgan fingerprint density at radius 1 is 0.568 bits per heavy atom. The number of ether oxygens (including phenoxy) is 8. The van der Waals surface area contributed by atoms with Crippen molar-refractivity contribution in [3.8, 4) is 17.2 Å². The van der Waals surface area contributed by atoms with Gasteiger partial charge < -0.3 is 74.1 Å². The van der Waals surface area contributed by atoms with Crippen molar-refractivity contribution >= 4 is 33.5 Å². The second kappa shape index (κ2) is 31.9. The lowest BCUT2D eigenvalue weighted by molar-refractivity contribution is -0.251. The fourth-order valence-electron chi connectivity index (χ4n) is 11.7. The van der Waals surface area contributed by atoms with Crippen LogP contribution in [-0.4, -0.2) is 130 Å². The zero-order chi connectivity index (χ0) is 62.2. The number of hydrogen-bond acceptors (Lipinski definition) is 19. The number of aliphatic hydroxyl groups excluding tert-OH is 2. The Morgan fingerprint density at radius 2 is 1.03 bits per heavy atom. The topological polar surface area (TPSA) is 305 Å². The van der Waals surface area contributed by atoms with E-state index >= 15 is 0 Å². The van der Waals surface area contributed by atoms with Crippen molar-refractivity contribution in [2.75, 3.05) is 23.2 Å². The largest absolute Gasteiger partial charge is 0.508 e. The molecule has 4 aliphatic rings. The Labute approximate surface area is 514 Å². The number of aryl methyl sites for hydroxylation is 2. The van der Waals surface area contributed by atoms with E-state index in [0.717, 1.165) is 29.5 Å². The van der Waals surface area contributed by atoms with Crippen LogP contribution in [0.2, 0.25) is 0 Å². The number of hydrogen-bond donors (Lipinski definition) is 8. The number of benzene rings is 4. The van der Waals surface area contributed by atoms with E-state index in [4.69, 9.17) is 37.9 Å². The lowest BCUT2D eigenvalue weighted by atomic mass is 9.95. The minimum atomic E-state index is -4.01. The van der Waals surface area contributed by atoms with Gasteiger partial charge in [-0.3, -0.25) is 9.59 Å². The van der Waals surface area contributed by atoms with E-state index < -0.39 is 65.3 Å². The first-order valence-electron chi connectivity index (χ1n) is 30.8. The van der Waals surface area contributed by atoms with Gasteiger partial charge in [0.1, 0.15) is 17.2 Å². The number of phenolic OH excluding ortho intramolecular Hbond substituents is 3. The van der Waals surface area contributed by atoms with Gasteiger partial charge in [0, 0.05) is 59.4 Å².